The van der Waals surface area contributed by atoms with Crippen LogP contribution in [-0.4, -0.2) is 13.0 Å². The number of nitriles is 1. The summed E-state index contributed by atoms with van der Waals surface area (Å²) in [5, 5.41) is 8.30. The van der Waals surface area contributed by atoms with Crippen molar-refractivity contribution in [3.8, 4) is 6.07 Å². The van der Waals surface area contributed by atoms with Crippen LogP contribution in [0.15, 0.2) is 16.3 Å². The van der Waals surface area contributed by atoms with Gasteiger partial charge >= 0.3 is 10.1 Å². The van der Waals surface area contributed by atoms with Crippen molar-refractivity contribution in [2.75, 3.05) is 0 Å². The van der Waals surface area contributed by atoms with Crippen LogP contribution in [0, 0.1) is 11.3 Å². The van der Waals surface area contributed by atoms with Crippen LogP contribution in [0.25, 0.3) is 0 Å². The number of hydrogen-bond donors (Lipinski definition) is 1. The zero-order valence-corrected chi connectivity index (χ0v) is 6.82. The number of thiophene rings is 1. The van der Waals surface area contributed by atoms with Crippen LogP contribution < -0.4 is 0 Å². The van der Waals surface area contributed by atoms with E-state index in [9.17, 15) is 8.42 Å². The van der Waals surface area contributed by atoms with E-state index in [4.69, 9.17) is 9.81 Å². The first-order valence-corrected chi connectivity index (χ1v) is 4.77. The zero-order chi connectivity index (χ0) is 8.48. The maximum Gasteiger partial charge on any atom is 0.304 e. The molecular formula is C5H3NO3S2. The first-order valence-electron chi connectivity index (χ1n) is 2.51. The molecule has 0 aliphatic rings. The van der Waals surface area contributed by atoms with Crippen molar-refractivity contribution in [1.82, 2.24) is 0 Å². The molecule has 4 nitrogen and oxygen atoms in total. The molecule has 1 heterocycles. The Kier molecular flexibility index (Phi) is 1.95. The summed E-state index contributed by atoms with van der Waals surface area (Å²) >= 11 is 0.741. The van der Waals surface area contributed by atoms with E-state index in [0.29, 0.717) is 0 Å². The SMILES string of the molecule is N#Cc1ccc(S(=O)(=O)O)s1. The lowest BCUT2D eigenvalue weighted by atomic mass is 10.5. The second-order valence-corrected chi connectivity index (χ2v) is 4.44. The van der Waals surface area contributed by atoms with Crippen LogP contribution in [0.2, 0.25) is 0 Å². The summed E-state index contributed by atoms with van der Waals surface area (Å²) in [7, 11) is -4.12. The smallest absolute Gasteiger partial charge is 0.281 e. The van der Waals surface area contributed by atoms with Crippen LogP contribution in [0.5, 0.6) is 0 Å². The fourth-order valence-corrected chi connectivity index (χ4v) is 1.98. The Balaban J connectivity index is 3.22. The lowest BCUT2D eigenvalue weighted by molar-refractivity contribution is 0.485. The molecule has 1 aromatic rings. The molecule has 0 bridgehead atoms. The van der Waals surface area contributed by atoms with Crippen molar-refractivity contribution in [3.05, 3.63) is 17.0 Å². The van der Waals surface area contributed by atoms with Crippen LogP contribution in [0.3, 0.4) is 0 Å². The van der Waals surface area contributed by atoms with Gasteiger partial charge in [-0.2, -0.15) is 13.7 Å². The number of nitrogens with zero attached hydrogens (tertiary/aromatic N) is 1. The van der Waals surface area contributed by atoms with Crippen molar-refractivity contribution >= 4 is 21.5 Å². The Bertz CT molecular complexity index is 398. The highest BCUT2D eigenvalue weighted by molar-refractivity contribution is 7.88. The van der Waals surface area contributed by atoms with Gasteiger partial charge in [0.2, 0.25) is 0 Å². The van der Waals surface area contributed by atoms with Crippen molar-refractivity contribution in [1.29, 1.82) is 5.26 Å². The Morgan fingerprint density at radius 3 is 2.45 bits per heavy atom. The second kappa shape index (κ2) is 2.62. The molecule has 58 valence electrons. The molecule has 6 heteroatoms. The highest BCUT2D eigenvalue weighted by atomic mass is 32.3. The van der Waals surface area contributed by atoms with E-state index < -0.39 is 10.1 Å². The fourth-order valence-electron chi connectivity index (χ4n) is 0.519. The molecule has 0 saturated carbocycles. The largest absolute Gasteiger partial charge is 0.304 e. The van der Waals surface area contributed by atoms with Crippen molar-refractivity contribution in [2.45, 2.75) is 4.21 Å². The zero-order valence-electron chi connectivity index (χ0n) is 5.18. The molecule has 0 saturated heterocycles. The summed E-state index contributed by atoms with van der Waals surface area (Å²) < 4.78 is 29.1. The first-order chi connectivity index (χ1) is 5.04. The van der Waals surface area contributed by atoms with Gasteiger partial charge in [0.15, 0.2) is 0 Å². The van der Waals surface area contributed by atoms with Crippen LogP contribution in [0.4, 0.5) is 0 Å². The predicted octanol–water partition coefficient (Wildman–Crippen LogP) is 0.866. The summed E-state index contributed by atoms with van der Waals surface area (Å²) in [5.41, 5.74) is 0. The predicted molar refractivity (Wildman–Crippen MR) is 38.8 cm³/mol. The fraction of sp³-hybridized carbons (Fsp3) is 0. The Labute approximate surface area is 67.5 Å². The molecule has 0 atom stereocenters. The van der Waals surface area contributed by atoms with Gasteiger partial charge in [-0.3, -0.25) is 4.55 Å². The average Bonchev–Trinajstić information content (AvgIpc) is 2.32. The minimum absolute atomic E-state index is 0.200. The Morgan fingerprint density at radius 1 is 1.55 bits per heavy atom. The molecule has 11 heavy (non-hydrogen) atoms. The van der Waals surface area contributed by atoms with Gasteiger partial charge in [-0.15, -0.1) is 11.3 Å². The Hall–Kier alpha value is -0.900. The van der Waals surface area contributed by atoms with E-state index in [1.807, 2.05) is 0 Å². The molecule has 0 fully saturated rings. The maximum atomic E-state index is 10.4. The minimum atomic E-state index is -4.12. The maximum absolute atomic E-state index is 10.4. The minimum Gasteiger partial charge on any atom is -0.281 e. The molecule has 0 spiro atoms. The summed E-state index contributed by atoms with van der Waals surface area (Å²) in [6.45, 7) is 0. The normalized spacial score (nSPS) is 10.9. The van der Waals surface area contributed by atoms with Gasteiger partial charge in [-0.05, 0) is 12.1 Å². The molecule has 0 aromatic carbocycles. The highest BCUT2D eigenvalue weighted by Gasteiger charge is 2.11. The van der Waals surface area contributed by atoms with Crippen LogP contribution in [-0.2, 0) is 10.1 Å². The van der Waals surface area contributed by atoms with E-state index >= 15 is 0 Å². The summed E-state index contributed by atoms with van der Waals surface area (Å²) in [6, 6.07) is 4.30. The molecule has 1 aromatic heterocycles. The molecule has 0 amide bonds. The molecule has 0 unspecified atom stereocenters. The van der Waals surface area contributed by atoms with Crippen LogP contribution in [0.1, 0.15) is 4.88 Å². The lowest BCUT2D eigenvalue weighted by Crippen LogP contribution is -1.92. The molecule has 0 aliphatic carbocycles. The van der Waals surface area contributed by atoms with E-state index in [2.05, 4.69) is 0 Å². The molecule has 1 N–H and O–H groups in total. The second-order valence-electron chi connectivity index (χ2n) is 1.71. The van der Waals surface area contributed by atoms with E-state index in [1.165, 1.54) is 12.1 Å². The highest BCUT2D eigenvalue weighted by Crippen LogP contribution is 2.19. The van der Waals surface area contributed by atoms with Gasteiger partial charge in [-0.25, -0.2) is 0 Å². The number of hydrogen-bond acceptors (Lipinski definition) is 4. The summed E-state index contributed by atoms with van der Waals surface area (Å²) in [4.78, 5) is 0.262. The molecular weight excluding hydrogens is 186 g/mol. The lowest BCUT2D eigenvalue weighted by Gasteiger charge is -1.85. The van der Waals surface area contributed by atoms with E-state index in [1.54, 1.807) is 6.07 Å². The molecule has 0 radical (unpaired) electrons. The van der Waals surface area contributed by atoms with Gasteiger partial charge in [0.1, 0.15) is 15.2 Å². The molecule has 0 aliphatic heterocycles. The van der Waals surface area contributed by atoms with Gasteiger partial charge in [0, 0.05) is 0 Å². The summed E-state index contributed by atoms with van der Waals surface area (Å²) in [5.74, 6) is 0. The van der Waals surface area contributed by atoms with Crippen LogP contribution >= 0.6 is 11.3 Å². The topological polar surface area (TPSA) is 78.2 Å². The third kappa shape index (κ3) is 1.77. The van der Waals surface area contributed by atoms with Gasteiger partial charge < -0.3 is 0 Å². The quantitative estimate of drug-likeness (QED) is 0.665. The molecule has 1 rings (SSSR count). The van der Waals surface area contributed by atoms with Gasteiger partial charge in [0.05, 0.1) is 0 Å². The van der Waals surface area contributed by atoms with Crippen molar-refractivity contribution in [3.63, 3.8) is 0 Å². The van der Waals surface area contributed by atoms with Gasteiger partial charge in [0.25, 0.3) is 0 Å². The average molecular weight is 189 g/mol. The number of rotatable bonds is 1. The standard InChI is InChI=1S/C5H3NO3S2/c6-3-4-1-2-5(10-4)11(7,8)9/h1-2H,(H,7,8,9). The van der Waals surface area contributed by atoms with Crippen molar-refractivity contribution in [2.24, 2.45) is 0 Å². The van der Waals surface area contributed by atoms with E-state index in [0.717, 1.165) is 11.3 Å². The van der Waals surface area contributed by atoms with Crippen molar-refractivity contribution < 1.29 is 13.0 Å². The first kappa shape index (κ1) is 8.20. The third-order valence-electron chi connectivity index (χ3n) is 0.946. The van der Waals surface area contributed by atoms with Gasteiger partial charge in [-0.1, -0.05) is 0 Å². The third-order valence-corrected chi connectivity index (χ3v) is 3.26. The summed E-state index contributed by atoms with van der Waals surface area (Å²) in [6.07, 6.45) is 0. The monoisotopic (exact) mass is 189 g/mol. The Morgan fingerprint density at radius 2 is 2.18 bits per heavy atom. The van der Waals surface area contributed by atoms with E-state index in [-0.39, 0.29) is 9.09 Å².